The number of nitrogen functional groups attached to an aromatic ring is 1. The number of hydrogen-bond donors (Lipinski definition) is 1. The van der Waals surface area contributed by atoms with Crippen molar-refractivity contribution < 1.29 is 4.79 Å². The quantitative estimate of drug-likeness (QED) is 0.819. The Morgan fingerprint density at radius 3 is 2.65 bits per heavy atom. The smallest absolute Gasteiger partial charge is 0.217 e. The number of nitrogens with two attached hydrogens (primary N) is 1. The summed E-state index contributed by atoms with van der Waals surface area (Å²) in [4.78, 5) is 14.5. The van der Waals surface area contributed by atoms with Gasteiger partial charge in [0.05, 0.1) is 29.5 Å². The van der Waals surface area contributed by atoms with E-state index in [0.717, 1.165) is 6.54 Å². The minimum Gasteiger partial charge on any atom is -0.383 e. The van der Waals surface area contributed by atoms with E-state index in [1.807, 2.05) is 19.0 Å². The van der Waals surface area contributed by atoms with Crippen LogP contribution in [0.15, 0.2) is 12.4 Å². The number of rotatable bonds is 5. The SMILES string of the molecule is CN(C)CCn1ncc(Cl)c1C(=O)c1cnn(C)c1N. The van der Waals surface area contributed by atoms with Gasteiger partial charge in [-0.15, -0.1) is 0 Å². The van der Waals surface area contributed by atoms with Crippen LogP contribution < -0.4 is 5.73 Å². The van der Waals surface area contributed by atoms with Crippen LogP contribution >= 0.6 is 11.6 Å². The van der Waals surface area contributed by atoms with Crippen LogP contribution in [0.2, 0.25) is 5.02 Å². The lowest BCUT2D eigenvalue weighted by Crippen LogP contribution is -2.22. The molecule has 0 saturated carbocycles. The second-order valence-corrected chi connectivity index (χ2v) is 5.17. The summed E-state index contributed by atoms with van der Waals surface area (Å²) in [6, 6.07) is 0. The van der Waals surface area contributed by atoms with E-state index in [1.54, 1.807) is 11.7 Å². The Hall–Kier alpha value is -1.86. The summed E-state index contributed by atoms with van der Waals surface area (Å²) < 4.78 is 3.04. The number of anilines is 1. The predicted octanol–water partition coefficient (Wildman–Crippen LogP) is 0.645. The van der Waals surface area contributed by atoms with E-state index in [4.69, 9.17) is 17.3 Å². The van der Waals surface area contributed by atoms with E-state index in [-0.39, 0.29) is 5.78 Å². The molecule has 0 aliphatic heterocycles. The lowest BCUT2D eigenvalue weighted by atomic mass is 10.1. The summed E-state index contributed by atoms with van der Waals surface area (Å²) in [6.45, 7) is 1.32. The topological polar surface area (TPSA) is 82.0 Å². The number of ketones is 1. The molecule has 0 atom stereocenters. The monoisotopic (exact) mass is 296 g/mol. The molecule has 0 amide bonds. The van der Waals surface area contributed by atoms with Gasteiger partial charge in [0.2, 0.25) is 5.78 Å². The molecule has 0 bridgehead atoms. The van der Waals surface area contributed by atoms with Crippen LogP contribution in [0.5, 0.6) is 0 Å². The van der Waals surface area contributed by atoms with E-state index in [2.05, 4.69) is 10.2 Å². The molecule has 2 heterocycles. The Labute approximate surface area is 121 Å². The third-order valence-corrected chi connectivity index (χ3v) is 3.27. The van der Waals surface area contributed by atoms with Crippen molar-refractivity contribution in [2.24, 2.45) is 7.05 Å². The summed E-state index contributed by atoms with van der Waals surface area (Å²) >= 11 is 6.08. The zero-order valence-electron chi connectivity index (χ0n) is 11.7. The van der Waals surface area contributed by atoms with Crippen LogP contribution in [0.3, 0.4) is 0 Å². The van der Waals surface area contributed by atoms with Gasteiger partial charge in [-0.1, -0.05) is 11.6 Å². The van der Waals surface area contributed by atoms with Crippen LogP contribution in [0, 0.1) is 0 Å². The van der Waals surface area contributed by atoms with Crippen molar-refractivity contribution in [3.63, 3.8) is 0 Å². The van der Waals surface area contributed by atoms with Crippen LogP contribution in [0.1, 0.15) is 16.1 Å². The van der Waals surface area contributed by atoms with Crippen LogP contribution in [0.25, 0.3) is 0 Å². The first-order valence-electron chi connectivity index (χ1n) is 6.10. The highest BCUT2D eigenvalue weighted by atomic mass is 35.5. The number of carbonyl (C=O) groups is 1. The molecule has 2 N–H and O–H groups in total. The molecular weight excluding hydrogens is 280 g/mol. The second kappa shape index (κ2) is 5.64. The van der Waals surface area contributed by atoms with Crippen molar-refractivity contribution in [3.05, 3.63) is 28.7 Å². The number of likely N-dealkylation sites (N-methyl/N-ethyl adjacent to an activating group) is 1. The van der Waals surface area contributed by atoms with Crippen molar-refractivity contribution in [2.45, 2.75) is 6.54 Å². The van der Waals surface area contributed by atoms with Crippen LogP contribution in [0.4, 0.5) is 5.82 Å². The molecule has 0 spiro atoms. The normalized spacial score (nSPS) is 11.2. The van der Waals surface area contributed by atoms with Gasteiger partial charge in [-0.3, -0.25) is 14.2 Å². The first kappa shape index (κ1) is 14.5. The van der Waals surface area contributed by atoms with Gasteiger partial charge in [-0.25, -0.2) is 0 Å². The highest BCUT2D eigenvalue weighted by molar-refractivity contribution is 6.34. The minimum absolute atomic E-state index is 0.267. The summed E-state index contributed by atoms with van der Waals surface area (Å²) in [6.07, 6.45) is 2.91. The molecule has 20 heavy (non-hydrogen) atoms. The van der Waals surface area contributed by atoms with Crippen molar-refractivity contribution >= 4 is 23.2 Å². The zero-order valence-corrected chi connectivity index (χ0v) is 12.4. The summed E-state index contributed by atoms with van der Waals surface area (Å²) in [5.41, 5.74) is 6.51. The molecule has 2 rings (SSSR count). The van der Waals surface area contributed by atoms with Crippen LogP contribution in [-0.4, -0.2) is 50.9 Å². The van der Waals surface area contributed by atoms with Gasteiger partial charge in [0.15, 0.2) is 0 Å². The Morgan fingerprint density at radius 1 is 1.40 bits per heavy atom. The van der Waals surface area contributed by atoms with Crippen molar-refractivity contribution in [2.75, 3.05) is 26.4 Å². The Balaban J connectivity index is 2.34. The summed E-state index contributed by atoms with van der Waals surface area (Å²) in [5.74, 6) is 0.0447. The van der Waals surface area contributed by atoms with Gasteiger partial charge in [0.25, 0.3) is 0 Å². The number of nitrogens with zero attached hydrogens (tertiary/aromatic N) is 5. The molecule has 0 saturated heterocycles. The second-order valence-electron chi connectivity index (χ2n) is 4.76. The number of hydrogen-bond acceptors (Lipinski definition) is 5. The molecule has 0 aromatic carbocycles. The fraction of sp³-hybridized carbons (Fsp3) is 0.417. The van der Waals surface area contributed by atoms with Gasteiger partial charge >= 0.3 is 0 Å². The molecule has 0 aliphatic carbocycles. The van der Waals surface area contributed by atoms with Gasteiger partial charge in [-0.2, -0.15) is 10.2 Å². The third-order valence-electron chi connectivity index (χ3n) is 3.00. The standard InChI is InChI=1S/C12H17ClN6O/c1-17(2)4-5-19-10(9(13)7-16-19)11(20)8-6-15-18(3)12(8)14/h6-7H,4-5,14H2,1-3H3. The predicted molar refractivity (Wildman–Crippen MR) is 76.8 cm³/mol. The maximum Gasteiger partial charge on any atom is 0.217 e. The van der Waals surface area contributed by atoms with Crippen molar-refractivity contribution in [1.29, 1.82) is 0 Å². The average Bonchev–Trinajstić information content (AvgIpc) is 2.91. The first-order valence-corrected chi connectivity index (χ1v) is 6.47. The van der Waals surface area contributed by atoms with Crippen LogP contribution in [-0.2, 0) is 13.6 Å². The Kier molecular flexibility index (Phi) is 4.10. The van der Waals surface area contributed by atoms with E-state index in [0.29, 0.717) is 28.6 Å². The minimum atomic E-state index is -0.267. The number of carbonyl (C=O) groups excluding carboxylic acids is 1. The lowest BCUT2D eigenvalue weighted by molar-refractivity contribution is 0.102. The molecule has 7 nitrogen and oxygen atoms in total. The number of aryl methyl sites for hydroxylation is 1. The molecule has 0 aliphatic rings. The van der Waals surface area contributed by atoms with E-state index in [9.17, 15) is 4.79 Å². The maximum absolute atomic E-state index is 12.5. The Morgan fingerprint density at radius 2 is 2.10 bits per heavy atom. The van der Waals surface area contributed by atoms with Gasteiger partial charge in [0.1, 0.15) is 11.5 Å². The molecule has 0 fully saturated rings. The Bertz CT molecular complexity index is 630. The largest absolute Gasteiger partial charge is 0.383 e. The molecule has 108 valence electrons. The first-order chi connectivity index (χ1) is 9.41. The summed E-state index contributed by atoms with van der Waals surface area (Å²) in [7, 11) is 5.58. The molecular formula is C12H17ClN6O. The molecule has 8 heteroatoms. The summed E-state index contributed by atoms with van der Waals surface area (Å²) in [5, 5.41) is 8.43. The molecule has 2 aromatic rings. The van der Waals surface area contributed by atoms with Gasteiger partial charge in [-0.05, 0) is 14.1 Å². The van der Waals surface area contributed by atoms with Crippen molar-refractivity contribution in [1.82, 2.24) is 24.5 Å². The lowest BCUT2D eigenvalue weighted by Gasteiger charge is -2.11. The fourth-order valence-electron chi connectivity index (χ4n) is 1.80. The highest BCUT2D eigenvalue weighted by Crippen LogP contribution is 2.22. The van der Waals surface area contributed by atoms with Gasteiger partial charge in [0, 0.05) is 13.6 Å². The van der Waals surface area contributed by atoms with E-state index >= 15 is 0 Å². The number of aromatic nitrogens is 4. The highest BCUT2D eigenvalue weighted by Gasteiger charge is 2.23. The van der Waals surface area contributed by atoms with E-state index in [1.165, 1.54) is 17.1 Å². The maximum atomic E-state index is 12.5. The van der Waals surface area contributed by atoms with Gasteiger partial charge < -0.3 is 10.6 Å². The van der Waals surface area contributed by atoms with Crippen molar-refractivity contribution in [3.8, 4) is 0 Å². The zero-order chi connectivity index (χ0) is 14.9. The molecule has 0 radical (unpaired) electrons. The van der Waals surface area contributed by atoms with E-state index < -0.39 is 0 Å². The third kappa shape index (κ3) is 2.68. The molecule has 0 unspecified atom stereocenters. The number of halogens is 1. The molecule has 2 aromatic heterocycles. The fourth-order valence-corrected chi connectivity index (χ4v) is 2.03. The average molecular weight is 297 g/mol.